The van der Waals surface area contributed by atoms with Gasteiger partial charge in [-0.3, -0.25) is 9.78 Å². The lowest BCUT2D eigenvalue weighted by Crippen LogP contribution is -2.43. The van der Waals surface area contributed by atoms with E-state index in [0.717, 1.165) is 18.5 Å². The van der Waals surface area contributed by atoms with Crippen molar-refractivity contribution in [3.63, 3.8) is 0 Å². The van der Waals surface area contributed by atoms with Crippen LogP contribution in [0.2, 0.25) is 5.02 Å². The maximum atomic E-state index is 11.9. The van der Waals surface area contributed by atoms with Crippen LogP contribution in [0.5, 0.6) is 0 Å². The van der Waals surface area contributed by atoms with E-state index in [1.807, 2.05) is 0 Å². The lowest BCUT2D eigenvalue weighted by atomic mass is 10.0. The van der Waals surface area contributed by atoms with E-state index in [1.54, 1.807) is 6.92 Å². The number of hydrogen-bond acceptors (Lipinski definition) is 3. The van der Waals surface area contributed by atoms with Crippen LogP contribution < -0.4 is 5.73 Å². The molecule has 0 amide bonds. The van der Waals surface area contributed by atoms with Gasteiger partial charge in [-0.15, -0.1) is 0 Å². The number of carboxylic acid groups (broad SMARTS) is 1. The van der Waals surface area contributed by atoms with Gasteiger partial charge in [-0.25, -0.2) is 0 Å². The Morgan fingerprint density at radius 3 is 2.21 bits per heavy atom. The molecule has 0 saturated heterocycles. The molecule has 0 fully saturated rings. The maximum Gasteiger partial charge on any atom is 0.417 e. The van der Waals surface area contributed by atoms with Crippen LogP contribution in [0.25, 0.3) is 0 Å². The summed E-state index contributed by atoms with van der Waals surface area (Å²) in [5.74, 6) is -0.944. The normalized spacial score (nSPS) is 14.1. The molecule has 1 atom stereocenters. The number of nitrogens with two attached hydrogens (primary N) is 1. The van der Waals surface area contributed by atoms with E-state index in [4.69, 9.17) is 22.4 Å². The predicted molar refractivity (Wildman–Crippen MR) is 64.8 cm³/mol. The zero-order valence-corrected chi connectivity index (χ0v) is 11.1. The Bertz CT molecular complexity index is 436. The minimum Gasteiger partial charge on any atom is -0.480 e. The molecule has 0 aromatic carbocycles. The Morgan fingerprint density at radius 1 is 1.47 bits per heavy atom. The van der Waals surface area contributed by atoms with Crippen molar-refractivity contribution in [1.29, 1.82) is 0 Å². The smallest absolute Gasteiger partial charge is 0.417 e. The Labute approximate surface area is 113 Å². The first-order valence-electron chi connectivity index (χ1n) is 5.20. The van der Waals surface area contributed by atoms with Gasteiger partial charge < -0.3 is 10.8 Å². The number of aromatic nitrogens is 1. The summed E-state index contributed by atoms with van der Waals surface area (Å²) < 4.78 is 35.6. The number of alkyl halides is 3. The van der Waals surface area contributed by atoms with Gasteiger partial charge in [-0.2, -0.15) is 13.2 Å². The summed E-state index contributed by atoms with van der Waals surface area (Å²) in [7, 11) is 0. The molecular weight excluding hydrogens is 285 g/mol. The van der Waals surface area contributed by atoms with Crippen LogP contribution in [0.1, 0.15) is 25.8 Å². The Kier molecular flexibility index (Phi) is 6.24. The molecule has 1 aromatic rings. The highest BCUT2D eigenvalue weighted by molar-refractivity contribution is 6.30. The van der Waals surface area contributed by atoms with E-state index in [-0.39, 0.29) is 5.02 Å². The first-order valence-corrected chi connectivity index (χ1v) is 5.58. The summed E-state index contributed by atoms with van der Waals surface area (Å²) in [5, 5.41) is 8.30. The fourth-order valence-electron chi connectivity index (χ4n) is 0.718. The van der Waals surface area contributed by atoms with Gasteiger partial charge in [0.25, 0.3) is 0 Å². The molecule has 0 saturated carbocycles. The van der Waals surface area contributed by atoms with Crippen LogP contribution in [-0.4, -0.2) is 21.6 Å². The minimum atomic E-state index is -4.36. The number of pyridine rings is 1. The summed E-state index contributed by atoms with van der Waals surface area (Å²) in [6.45, 7) is 3.24. The summed E-state index contributed by atoms with van der Waals surface area (Å²) in [6, 6.07) is 0.828. The Balaban J connectivity index is 0.000000362. The molecule has 108 valence electrons. The summed E-state index contributed by atoms with van der Waals surface area (Å²) in [4.78, 5) is 13.4. The molecule has 0 aliphatic heterocycles. The number of halogens is 4. The van der Waals surface area contributed by atoms with Crippen LogP contribution >= 0.6 is 11.6 Å². The summed E-state index contributed by atoms with van der Waals surface area (Å²) in [5.41, 5.74) is 3.39. The number of aliphatic carboxylic acids is 1. The second-order valence-electron chi connectivity index (χ2n) is 3.97. The quantitative estimate of drug-likeness (QED) is 0.880. The number of carbonyl (C=O) groups is 1. The molecule has 19 heavy (non-hydrogen) atoms. The number of nitrogens with zero attached hydrogens (tertiary/aromatic N) is 1. The van der Waals surface area contributed by atoms with Gasteiger partial charge in [-0.1, -0.05) is 18.5 Å². The average molecular weight is 299 g/mol. The average Bonchev–Trinajstić information content (AvgIpc) is 2.28. The van der Waals surface area contributed by atoms with Crippen molar-refractivity contribution in [2.45, 2.75) is 32.0 Å². The van der Waals surface area contributed by atoms with Gasteiger partial charge in [0.1, 0.15) is 5.54 Å². The molecule has 4 nitrogen and oxygen atoms in total. The largest absolute Gasteiger partial charge is 0.480 e. The van der Waals surface area contributed by atoms with E-state index in [9.17, 15) is 18.0 Å². The molecule has 1 heterocycles. The zero-order valence-electron chi connectivity index (χ0n) is 10.3. The molecule has 3 N–H and O–H groups in total. The SMILES string of the molecule is CCC(C)(N)C(=O)O.FC(F)(F)c1cncc(Cl)c1. The van der Waals surface area contributed by atoms with Gasteiger partial charge in [-0.05, 0) is 19.4 Å². The van der Waals surface area contributed by atoms with Crippen molar-refractivity contribution in [3.05, 3.63) is 29.0 Å². The van der Waals surface area contributed by atoms with Gasteiger partial charge in [0.2, 0.25) is 0 Å². The van der Waals surface area contributed by atoms with E-state index >= 15 is 0 Å². The second kappa shape index (κ2) is 6.72. The van der Waals surface area contributed by atoms with Gasteiger partial charge >= 0.3 is 12.1 Å². The van der Waals surface area contributed by atoms with Crippen molar-refractivity contribution in [3.8, 4) is 0 Å². The lowest BCUT2D eigenvalue weighted by Gasteiger charge is -2.14. The first kappa shape index (κ1) is 17.7. The van der Waals surface area contributed by atoms with E-state index in [2.05, 4.69) is 4.98 Å². The third-order valence-electron chi connectivity index (χ3n) is 2.26. The van der Waals surface area contributed by atoms with E-state index < -0.39 is 23.2 Å². The van der Waals surface area contributed by atoms with E-state index in [0.29, 0.717) is 6.42 Å². The van der Waals surface area contributed by atoms with Crippen molar-refractivity contribution in [1.82, 2.24) is 4.98 Å². The molecule has 0 bridgehead atoms. The second-order valence-corrected chi connectivity index (χ2v) is 4.40. The van der Waals surface area contributed by atoms with E-state index in [1.165, 1.54) is 6.92 Å². The molecule has 0 spiro atoms. The van der Waals surface area contributed by atoms with Crippen molar-refractivity contribution in [2.75, 3.05) is 0 Å². The first-order chi connectivity index (χ1) is 8.50. The van der Waals surface area contributed by atoms with Gasteiger partial charge in [0.05, 0.1) is 10.6 Å². The van der Waals surface area contributed by atoms with Crippen LogP contribution in [0, 0.1) is 0 Å². The Morgan fingerprint density at radius 2 is 2.00 bits per heavy atom. The molecule has 8 heteroatoms. The third-order valence-corrected chi connectivity index (χ3v) is 2.46. The van der Waals surface area contributed by atoms with Crippen molar-refractivity contribution >= 4 is 17.6 Å². The highest BCUT2D eigenvalue weighted by Gasteiger charge is 2.30. The van der Waals surface area contributed by atoms with Crippen molar-refractivity contribution in [2.24, 2.45) is 5.73 Å². The number of carboxylic acids is 1. The highest BCUT2D eigenvalue weighted by atomic mass is 35.5. The van der Waals surface area contributed by atoms with Crippen molar-refractivity contribution < 1.29 is 23.1 Å². The Hall–Kier alpha value is -1.34. The van der Waals surface area contributed by atoms with Gasteiger partial charge in [0.15, 0.2) is 0 Å². The van der Waals surface area contributed by atoms with Crippen LogP contribution in [0.3, 0.4) is 0 Å². The molecule has 1 aromatic heterocycles. The summed E-state index contributed by atoms with van der Waals surface area (Å²) in [6.07, 6.45) is -2.02. The standard InChI is InChI=1S/C6H3ClF3N.C5H11NO2/c7-5-1-4(2-11-3-5)6(8,9)10;1-3-5(2,6)4(7)8/h1-3H;3,6H2,1-2H3,(H,7,8). The molecule has 0 aliphatic rings. The molecule has 0 aliphatic carbocycles. The summed E-state index contributed by atoms with van der Waals surface area (Å²) >= 11 is 5.29. The monoisotopic (exact) mass is 298 g/mol. The minimum absolute atomic E-state index is 0.0141. The molecule has 0 radical (unpaired) electrons. The fourth-order valence-corrected chi connectivity index (χ4v) is 0.892. The molecule has 1 unspecified atom stereocenters. The van der Waals surface area contributed by atoms with Crippen LogP contribution in [0.15, 0.2) is 18.5 Å². The lowest BCUT2D eigenvalue weighted by molar-refractivity contribution is -0.142. The highest BCUT2D eigenvalue weighted by Crippen LogP contribution is 2.29. The topological polar surface area (TPSA) is 76.2 Å². The number of rotatable bonds is 2. The van der Waals surface area contributed by atoms with Gasteiger partial charge in [0, 0.05) is 12.4 Å². The zero-order chi connectivity index (χ0) is 15.3. The molecular formula is C11H14ClF3N2O2. The number of hydrogen-bond donors (Lipinski definition) is 2. The fraction of sp³-hybridized carbons (Fsp3) is 0.455. The predicted octanol–water partition coefficient (Wildman–Crippen LogP) is 2.95. The molecule has 1 rings (SSSR count). The van der Waals surface area contributed by atoms with Crippen LogP contribution in [0.4, 0.5) is 13.2 Å². The third kappa shape index (κ3) is 6.40. The van der Waals surface area contributed by atoms with Crippen LogP contribution in [-0.2, 0) is 11.0 Å². The maximum absolute atomic E-state index is 11.9.